The summed E-state index contributed by atoms with van der Waals surface area (Å²) in [7, 11) is 0. The van der Waals surface area contributed by atoms with Gasteiger partial charge in [0.05, 0.1) is 13.2 Å². The van der Waals surface area contributed by atoms with Crippen molar-refractivity contribution in [3.63, 3.8) is 0 Å². The third kappa shape index (κ3) is 5.37. The van der Waals surface area contributed by atoms with Gasteiger partial charge in [-0.1, -0.05) is 12.1 Å². The molecule has 0 aliphatic carbocycles. The van der Waals surface area contributed by atoms with E-state index in [1.807, 2.05) is 24.3 Å². The van der Waals surface area contributed by atoms with Crippen LogP contribution in [-0.4, -0.2) is 73.4 Å². The van der Waals surface area contributed by atoms with Gasteiger partial charge >= 0.3 is 11.8 Å². The van der Waals surface area contributed by atoms with Crippen molar-refractivity contribution >= 4 is 11.6 Å². The highest BCUT2D eigenvalue weighted by Crippen LogP contribution is 2.22. The van der Waals surface area contributed by atoms with E-state index in [2.05, 4.69) is 32.2 Å². The van der Waals surface area contributed by atoms with E-state index < -0.39 is 0 Å². The fourth-order valence-electron chi connectivity index (χ4n) is 3.94. The van der Waals surface area contributed by atoms with Crippen molar-refractivity contribution in [1.82, 2.24) is 20.4 Å². The number of carbonyl (C=O) groups excluding carboxylic acids is 1. The summed E-state index contributed by atoms with van der Waals surface area (Å²) >= 11 is 0. The molecule has 2 aromatic rings. The van der Waals surface area contributed by atoms with Crippen molar-refractivity contribution in [2.24, 2.45) is 5.92 Å². The summed E-state index contributed by atoms with van der Waals surface area (Å²) in [6, 6.07) is 7.99. The van der Waals surface area contributed by atoms with Gasteiger partial charge in [0.25, 0.3) is 0 Å². The Morgan fingerprint density at radius 3 is 2.60 bits per heavy atom. The number of morpholine rings is 1. The number of rotatable bonds is 7. The lowest BCUT2D eigenvalue weighted by Crippen LogP contribution is -2.36. The van der Waals surface area contributed by atoms with E-state index in [0.717, 1.165) is 69.5 Å². The summed E-state index contributed by atoms with van der Waals surface area (Å²) < 4.78 is 10.6. The fraction of sp³-hybridized carbons (Fsp3) is 0.591. The Kier molecular flexibility index (Phi) is 6.96. The van der Waals surface area contributed by atoms with E-state index in [4.69, 9.17) is 9.26 Å². The number of piperidine rings is 1. The number of carbonyl (C=O) groups is 1. The number of nitrogens with one attached hydrogen (secondary N) is 1. The minimum Gasteiger partial charge on any atom is -0.378 e. The predicted octanol–water partition coefficient (Wildman–Crippen LogP) is 2.43. The highest BCUT2D eigenvalue weighted by molar-refractivity contribution is 5.89. The molecular weight excluding hydrogens is 382 g/mol. The summed E-state index contributed by atoms with van der Waals surface area (Å²) in [5.41, 5.74) is 1.97. The molecule has 8 heteroatoms. The number of benzene rings is 1. The molecule has 4 rings (SSSR count). The first kappa shape index (κ1) is 20.8. The van der Waals surface area contributed by atoms with Gasteiger partial charge in [-0.05, 0) is 69.1 Å². The molecule has 1 aromatic heterocycles. The summed E-state index contributed by atoms with van der Waals surface area (Å²) in [5, 5.41) is 6.85. The molecule has 30 heavy (non-hydrogen) atoms. The van der Waals surface area contributed by atoms with Crippen LogP contribution in [0.2, 0.25) is 0 Å². The molecule has 162 valence electrons. The van der Waals surface area contributed by atoms with Gasteiger partial charge in [-0.25, -0.2) is 0 Å². The molecule has 1 amide bonds. The summed E-state index contributed by atoms with van der Waals surface area (Å²) in [4.78, 5) is 21.3. The van der Waals surface area contributed by atoms with Crippen molar-refractivity contribution in [2.45, 2.75) is 26.2 Å². The zero-order chi connectivity index (χ0) is 20.8. The van der Waals surface area contributed by atoms with E-state index in [-0.39, 0.29) is 11.8 Å². The Bertz CT molecular complexity index is 808. The van der Waals surface area contributed by atoms with E-state index >= 15 is 0 Å². The number of nitrogens with zero attached hydrogens (tertiary/aromatic N) is 4. The average molecular weight is 414 g/mol. The topological polar surface area (TPSA) is 83.7 Å². The largest absolute Gasteiger partial charge is 0.378 e. The Balaban J connectivity index is 1.24. The first-order valence-electron chi connectivity index (χ1n) is 11.0. The van der Waals surface area contributed by atoms with E-state index in [9.17, 15) is 4.79 Å². The highest BCUT2D eigenvalue weighted by atomic mass is 16.5. The first-order chi connectivity index (χ1) is 14.7. The van der Waals surface area contributed by atoms with E-state index in [1.165, 1.54) is 12.8 Å². The van der Waals surface area contributed by atoms with Crippen LogP contribution in [0.25, 0.3) is 11.4 Å². The third-order valence-corrected chi connectivity index (χ3v) is 5.93. The van der Waals surface area contributed by atoms with Gasteiger partial charge in [-0.15, -0.1) is 0 Å². The second-order valence-electron chi connectivity index (χ2n) is 8.20. The molecule has 0 radical (unpaired) electrons. The maximum absolute atomic E-state index is 12.3. The van der Waals surface area contributed by atoms with Crippen molar-refractivity contribution in [3.8, 4) is 11.4 Å². The molecular formula is C22H31N5O3. The van der Waals surface area contributed by atoms with Crippen LogP contribution in [0, 0.1) is 5.92 Å². The molecule has 2 saturated heterocycles. The Morgan fingerprint density at radius 1 is 1.13 bits per heavy atom. The normalized spacial score (nSPS) is 18.5. The molecule has 8 nitrogen and oxygen atoms in total. The Hall–Kier alpha value is -2.45. The highest BCUT2D eigenvalue weighted by Gasteiger charge is 2.18. The minimum absolute atomic E-state index is 0.00838. The zero-order valence-electron chi connectivity index (χ0n) is 17.7. The first-order valence-corrected chi connectivity index (χ1v) is 11.0. The van der Waals surface area contributed by atoms with E-state index in [0.29, 0.717) is 12.4 Å². The summed E-state index contributed by atoms with van der Waals surface area (Å²) in [6.07, 6.45) is 3.46. The second-order valence-corrected chi connectivity index (χ2v) is 8.20. The monoisotopic (exact) mass is 413 g/mol. The molecule has 2 aliphatic heterocycles. The van der Waals surface area contributed by atoms with Gasteiger partial charge in [-0.2, -0.15) is 4.98 Å². The standard InChI is InChI=1S/C22H31N5O3/c1-17-7-11-26(12-8-17)10-2-9-23-21(28)22-24-20(25-30-22)18-3-5-19(6-4-18)27-13-15-29-16-14-27/h3-6,17H,2,7-16H2,1H3,(H,23,28). The lowest BCUT2D eigenvalue weighted by Gasteiger charge is -2.30. The smallest absolute Gasteiger partial charge is 0.316 e. The van der Waals surface area contributed by atoms with E-state index in [1.54, 1.807) is 0 Å². The summed E-state index contributed by atoms with van der Waals surface area (Å²) in [5.74, 6) is 0.958. The molecule has 1 aromatic carbocycles. The van der Waals surface area contributed by atoms with Crippen LogP contribution in [0.1, 0.15) is 36.9 Å². The van der Waals surface area contributed by atoms with Gasteiger partial charge in [-0.3, -0.25) is 4.79 Å². The SMILES string of the molecule is CC1CCN(CCCNC(=O)c2nc(-c3ccc(N4CCOCC4)cc3)no2)CC1. The maximum atomic E-state index is 12.3. The molecule has 0 spiro atoms. The molecule has 0 bridgehead atoms. The third-order valence-electron chi connectivity index (χ3n) is 5.93. The van der Waals surface area contributed by atoms with Crippen LogP contribution in [0.5, 0.6) is 0 Å². The number of anilines is 1. The second kappa shape index (κ2) is 10.0. The summed E-state index contributed by atoms with van der Waals surface area (Å²) in [6.45, 7) is 9.54. The minimum atomic E-state index is -0.314. The molecule has 0 saturated carbocycles. The Labute approximate surface area is 177 Å². The van der Waals surface area contributed by atoms with Crippen molar-refractivity contribution < 1.29 is 14.1 Å². The molecule has 2 aliphatic rings. The number of amides is 1. The molecule has 1 N–H and O–H groups in total. The van der Waals surface area contributed by atoms with Gasteiger partial charge < -0.3 is 24.4 Å². The maximum Gasteiger partial charge on any atom is 0.316 e. The van der Waals surface area contributed by atoms with Crippen LogP contribution >= 0.6 is 0 Å². The number of hydrogen-bond donors (Lipinski definition) is 1. The molecule has 0 atom stereocenters. The molecule has 2 fully saturated rings. The van der Waals surface area contributed by atoms with Crippen molar-refractivity contribution in [2.75, 3.05) is 57.4 Å². The quantitative estimate of drug-likeness (QED) is 0.698. The molecule has 0 unspecified atom stereocenters. The number of hydrogen-bond acceptors (Lipinski definition) is 7. The van der Waals surface area contributed by atoms with Crippen LogP contribution in [0.4, 0.5) is 5.69 Å². The molecule has 3 heterocycles. The van der Waals surface area contributed by atoms with Crippen molar-refractivity contribution in [3.05, 3.63) is 30.2 Å². The average Bonchev–Trinajstić information content (AvgIpc) is 3.29. The Morgan fingerprint density at radius 2 is 1.87 bits per heavy atom. The zero-order valence-corrected chi connectivity index (χ0v) is 17.7. The van der Waals surface area contributed by atoms with Crippen LogP contribution in [0.3, 0.4) is 0 Å². The number of ether oxygens (including phenoxy) is 1. The van der Waals surface area contributed by atoms with Gasteiger partial charge in [0.2, 0.25) is 5.82 Å². The van der Waals surface area contributed by atoms with Crippen molar-refractivity contribution in [1.29, 1.82) is 0 Å². The fourth-order valence-corrected chi connectivity index (χ4v) is 3.94. The number of likely N-dealkylation sites (tertiary alicyclic amines) is 1. The number of aromatic nitrogens is 2. The van der Waals surface area contributed by atoms with Gasteiger partial charge in [0.1, 0.15) is 0 Å². The predicted molar refractivity (Wildman–Crippen MR) is 115 cm³/mol. The van der Waals surface area contributed by atoms with Crippen LogP contribution < -0.4 is 10.2 Å². The van der Waals surface area contributed by atoms with Crippen LogP contribution in [-0.2, 0) is 4.74 Å². The van der Waals surface area contributed by atoms with Gasteiger partial charge in [0.15, 0.2) is 0 Å². The lowest BCUT2D eigenvalue weighted by molar-refractivity contribution is 0.0907. The van der Waals surface area contributed by atoms with Crippen LogP contribution in [0.15, 0.2) is 28.8 Å². The van der Waals surface area contributed by atoms with Gasteiger partial charge in [0, 0.05) is 30.9 Å². The lowest BCUT2D eigenvalue weighted by atomic mass is 9.99.